The molecule has 1 aromatic heterocycles. The quantitative estimate of drug-likeness (QED) is 0.393. The molecule has 0 amide bonds. The zero-order valence-corrected chi connectivity index (χ0v) is 18.9. The fraction of sp³-hybridized carbons (Fsp3) is 0.192. The minimum Gasteiger partial charge on any atom is -0.267 e. The van der Waals surface area contributed by atoms with Gasteiger partial charge in [-0.3, -0.25) is 4.68 Å². The third-order valence-electron chi connectivity index (χ3n) is 5.30. The van der Waals surface area contributed by atoms with Crippen LogP contribution in [0, 0.1) is 0 Å². The highest BCUT2D eigenvalue weighted by Gasteiger charge is 2.17. The second kappa shape index (κ2) is 9.94. The van der Waals surface area contributed by atoms with Crippen LogP contribution in [-0.2, 0) is 29.5 Å². The van der Waals surface area contributed by atoms with Crippen molar-refractivity contribution in [3.63, 3.8) is 0 Å². The van der Waals surface area contributed by atoms with E-state index in [1.807, 2.05) is 71.5 Å². The van der Waals surface area contributed by atoms with Crippen LogP contribution in [0.15, 0.2) is 96.0 Å². The maximum atomic E-state index is 12.9. The van der Waals surface area contributed by atoms with Crippen molar-refractivity contribution in [2.75, 3.05) is 0 Å². The molecule has 0 radical (unpaired) electrons. The van der Waals surface area contributed by atoms with Crippen LogP contribution in [0.2, 0.25) is 0 Å². The molecule has 5 nitrogen and oxygen atoms in total. The lowest BCUT2D eigenvalue weighted by molar-refractivity contribution is 0.581. The molecule has 0 bridgehead atoms. The van der Waals surface area contributed by atoms with Crippen LogP contribution in [0.4, 0.5) is 0 Å². The van der Waals surface area contributed by atoms with Gasteiger partial charge in [0.1, 0.15) is 0 Å². The summed E-state index contributed by atoms with van der Waals surface area (Å²) in [6.07, 6.45) is 3.89. The Morgan fingerprint density at radius 1 is 0.844 bits per heavy atom. The van der Waals surface area contributed by atoms with Crippen molar-refractivity contribution in [1.29, 1.82) is 0 Å². The van der Waals surface area contributed by atoms with Crippen molar-refractivity contribution in [3.05, 3.63) is 108 Å². The highest BCUT2D eigenvalue weighted by atomic mass is 32.2. The zero-order chi connectivity index (χ0) is 22.4. The van der Waals surface area contributed by atoms with Crippen LogP contribution in [0.5, 0.6) is 0 Å². The van der Waals surface area contributed by atoms with Gasteiger partial charge in [-0.2, -0.15) is 5.10 Å². The summed E-state index contributed by atoms with van der Waals surface area (Å²) in [5.74, 6) is 0. The molecule has 0 aliphatic carbocycles. The Morgan fingerprint density at radius 2 is 1.50 bits per heavy atom. The van der Waals surface area contributed by atoms with Crippen LogP contribution >= 0.6 is 0 Å². The van der Waals surface area contributed by atoms with E-state index in [9.17, 15) is 8.42 Å². The number of nitrogens with one attached hydrogen (secondary N) is 1. The summed E-state index contributed by atoms with van der Waals surface area (Å²) in [7, 11) is -3.63. The van der Waals surface area contributed by atoms with E-state index in [0.29, 0.717) is 6.54 Å². The van der Waals surface area contributed by atoms with Crippen molar-refractivity contribution >= 4 is 10.0 Å². The van der Waals surface area contributed by atoms with Gasteiger partial charge in [0.25, 0.3) is 0 Å². The van der Waals surface area contributed by atoms with Crippen LogP contribution in [0.25, 0.3) is 11.3 Å². The van der Waals surface area contributed by atoms with E-state index in [-0.39, 0.29) is 11.4 Å². The molecule has 0 atom stereocenters. The zero-order valence-electron chi connectivity index (χ0n) is 18.1. The minimum atomic E-state index is -3.63. The van der Waals surface area contributed by atoms with E-state index in [1.165, 1.54) is 0 Å². The predicted molar refractivity (Wildman–Crippen MR) is 128 cm³/mol. The first kappa shape index (κ1) is 22.0. The molecule has 0 aliphatic heterocycles. The molecule has 4 rings (SSSR count). The summed E-state index contributed by atoms with van der Waals surface area (Å²) in [4.78, 5) is 0.273. The number of rotatable bonds is 9. The third kappa shape index (κ3) is 5.33. The number of aryl methyl sites for hydroxylation is 1. The summed E-state index contributed by atoms with van der Waals surface area (Å²) < 4.78 is 30.4. The average molecular weight is 446 g/mol. The average Bonchev–Trinajstić information content (AvgIpc) is 3.22. The van der Waals surface area contributed by atoms with E-state index in [4.69, 9.17) is 5.10 Å². The Labute approximate surface area is 189 Å². The molecular weight excluding hydrogens is 418 g/mol. The Hall–Kier alpha value is -3.22. The molecule has 3 aromatic carbocycles. The summed E-state index contributed by atoms with van der Waals surface area (Å²) >= 11 is 0. The molecule has 0 unspecified atom stereocenters. The third-order valence-corrected chi connectivity index (χ3v) is 6.71. The number of benzene rings is 3. The second-order valence-corrected chi connectivity index (χ2v) is 9.54. The molecule has 32 heavy (non-hydrogen) atoms. The van der Waals surface area contributed by atoms with Crippen molar-refractivity contribution in [1.82, 2.24) is 14.5 Å². The van der Waals surface area contributed by atoms with Crippen molar-refractivity contribution < 1.29 is 8.42 Å². The van der Waals surface area contributed by atoms with Gasteiger partial charge in [-0.15, -0.1) is 0 Å². The van der Waals surface area contributed by atoms with E-state index in [1.54, 1.807) is 12.1 Å². The van der Waals surface area contributed by atoms with E-state index < -0.39 is 10.0 Å². The lowest BCUT2D eigenvalue weighted by Crippen LogP contribution is -2.23. The molecule has 0 saturated heterocycles. The van der Waals surface area contributed by atoms with Gasteiger partial charge in [-0.1, -0.05) is 86.1 Å². The van der Waals surface area contributed by atoms with Gasteiger partial charge in [0.15, 0.2) is 0 Å². The summed E-state index contributed by atoms with van der Waals surface area (Å²) in [5.41, 5.74) is 4.84. The van der Waals surface area contributed by atoms with Crippen LogP contribution in [-0.4, -0.2) is 18.2 Å². The standard InChI is InChI=1S/C26H27N3O2S/c1-2-9-21-14-16-25(17-15-21)32(30,31)27-18-24-20-29(19-22-10-5-3-6-11-22)28-26(24)23-12-7-4-8-13-23/h3-8,10-17,20,27H,2,9,18-19H2,1H3. The number of sulfonamides is 1. The molecule has 1 heterocycles. The number of hydrogen-bond donors (Lipinski definition) is 1. The molecule has 4 aromatic rings. The fourth-order valence-corrected chi connectivity index (χ4v) is 4.67. The fourth-order valence-electron chi connectivity index (χ4n) is 3.66. The molecule has 6 heteroatoms. The Kier molecular flexibility index (Phi) is 6.83. The minimum absolute atomic E-state index is 0.165. The SMILES string of the molecule is CCCc1ccc(S(=O)(=O)NCc2cn(Cc3ccccc3)nc2-c2ccccc2)cc1. The van der Waals surface area contributed by atoms with Crippen LogP contribution in [0.3, 0.4) is 0 Å². The maximum absolute atomic E-state index is 12.9. The lowest BCUT2D eigenvalue weighted by atomic mass is 10.1. The van der Waals surface area contributed by atoms with Gasteiger partial charge < -0.3 is 0 Å². The van der Waals surface area contributed by atoms with Crippen molar-refractivity contribution in [2.24, 2.45) is 0 Å². The second-order valence-electron chi connectivity index (χ2n) is 7.77. The highest BCUT2D eigenvalue weighted by molar-refractivity contribution is 7.89. The van der Waals surface area contributed by atoms with Gasteiger partial charge >= 0.3 is 0 Å². The molecule has 0 fully saturated rings. The van der Waals surface area contributed by atoms with Crippen LogP contribution in [0.1, 0.15) is 30.0 Å². The van der Waals surface area contributed by atoms with Gasteiger partial charge in [0, 0.05) is 23.9 Å². The van der Waals surface area contributed by atoms with Crippen molar-refractivity contribution in [2.45, 2.75) is 37.8 Å². The van der Waals surface area contributed by atoms with E-state index in [2.05, 4.69) is 23.8 Å². The van der Waals surface area contributed by atoms with E-state index >= 15 is 0 Å². The molecule has 0 spiro atoms. The van der Waals surface area contributed by atoms with E-state index in [0.717, 1.165) is 40.8 Å². The first-order valence-corrected chi connectivity index (χ1v) is 12.3. The Morgan fingerprint density at radius 3 is 2.16 bits per heavy atom. The van der Waals surface area contributed by atoms with Crippen molar-refractivity contribution in [3.8, 4) is 11.3 Å². The first-order chi connectivity index (χ1) is 15.5. The Bertz CT molecular complexity index is 1250. The van der Waals surface area contributed by atoms with Gasteiger partial charge in [0.05, 0.1) is 17.1 Å². The summed E-state index contributed by atoms with van der Waals surface area (Å²) in [6, 6.07) is 27.0. The smallest absolute Gasteiger partial charge is 0.240 e. The normalized spacial score (nSPS) is 11.5. The monoisotopic (exact) mass is 445 g/mol. The number of nitrogens with zero attached hydrogens (tertiary/aromatic N) is 2. The molecule has 0 aliphatic rings. The molecular formula is C26H27N3O2S. The largest absolute Gasteiger partial charge is 0.267 e. The topological polar surface area (TPSA) is 64.0 Å². The van der Waals surface area contributed by atoms with Gasteiger partial charge in [0.2, 0.25) is 10.0 Å². The first-order valence-electron chi connectivity index (χ1n) is 10.8. The number of hydrogen-bond acceptors (Lipinski definition) is 3. The maximum Gasteiger partial charge on any atom is 0.240 e. The van der Waals surface area contributed by atoms with Gasteiger partial charge in [-0.25, -0.2) is 13.1 Å². The Balaban J connectivity index is 1.57. The number of aromatic nitrogens is 2. The molecule has 0 saturated carbocycles. The molecule has 164 valence electrons. The molecule has 1 N–H and O–H groups in total. The highest BCUT2D eigenvalue weighted by Crippen LogP contribution is 2.23. The van der Waals surface area contributed by atoms with Crippen LogP contribution < -0.4 is 4.72 Å². The summed E-state index contributed by atoms with van der Waals surface area (Å²) in [6.45, 7) is 2.89. The predicted octanol–water partition coefficient (Wildman–Crippen LogP) is 5.03. The summed E-state index contributed by atoms with van der Waals surface area (Å²) in [5, 5.41) is 4.76. The lowest BCUT2D eigenvalue weighted by Gasteiger charge is -2.08. The van der Waals surface area contributed by atoms with Gasteiger partial charge in [-0.05, 0) is 29.7 Å².